The minimum absolute atomic E-state index is 0.0339. The molecular weight excluding hydrogens is 313 g/mol. The number of rotatable bonds is 1. The van der Waals surface area contributed by atoms with Crippen molar-refractivity contribution in [1.29, 1.82) is 0 Å². The van der Waals surface area contributed by atoms with Gasteiger partial charge in [-0.25, -0.2) is 14.0 Å². The van der Waals surface area contributed by atoms with Crippen molar-refractivity contribution in [3.63, 3.8) is 0 Å². The number of ether oxygens (including phenoxy) is 1. The first kappa shape index (κ1) is 16.4. The van der Waals surface area contributed by atoms with E-state index in [1.165, 1.54) is 35.1 Å². The van der Waals surface area contributed by atoms with Crippen molar-refractivity contribution in [3.8, 4) is 0 Å². The van der Waals surface area contributed by atoms with Crippen molar-refractivity contribution in [2.45, 2.75) is 6.42 Å². The lowest BCUT2D eigenvalue weighted by Crippen LogP contribution is -2.39. The zero-order chi connectivity index (χ0) is 16.1. The summed E-state index contributed by atoms with van der Waals surface area (Å²) in [5.74, 6) is -0.552. The van der Waals surface area contributed by atoms with E-state index < -0.39 is 17.9 Å². The van der Waals surface area contributed by atoms with Crippen LogP contribution in [0.5, 0.6) is 0 Å². The van der Waals surface area contributed by atoms with Gasteiger partial charge in [0.05, 0.1) is 12.8 Å². The summed E-state index contributed by atoms with van der Waals surface area (Å²) in [6.45, 7) is 1.71. The molecule has 8 heteroatoms. The number of urea groups is 1. The largest absolute Gasteiger partial charge is 0.453 e. The maximum atomic E-state index is 13.6. The molecule has 2 rings (SSSR count). The molecule has 0 saturated carbocycles. The van der Waals surface area contributed by atoms with E-state index in [2.05, 4.69) is 10.1 Å². The summed E-state index contributed by atoms with van der Waals surface area (Å²) in [5, 5.41) is 2.84. The summed E-state index contributed by atoms with van der Waals surface area (Å²) in [7, 11) is 1.32. The van der Waals surface area contributed by atoms with Crippen molar-refractivity contribution in [2.24, 2.45) is 0 Å². The van der Waals surface area contributed by atoms with Gasteiger partial charge in [-0.15, -0.1) is 0 Å². The topological polar surface area (TPSA) is 61.9 Å². The normalized spacial score (nSPS) is 15.2. The minimum Gasteiger partial charge on any atom is -0.453 e. The number of anilines is 1. The highest BCUT2D eigenvalue weighted by Gasteiger charge is 2.22. The molecular formula is C14H17ClFN3O3. The van der Waals surface area contributed by atoms with Gasteiger partial charge in [0.2, 0.25) is 0 Å². The van der Waals surface area contributed by atoms with E-state index in [1.807, 2.05) is 0 Å². The van der Waals surface area contributed by atoms with Crippen LogP contribution in [0.3, 0.4) is 0 Å². The smallest absolute Gasteiger partial charge is 0.409 e. The molecule has 1 aliphatic rings. The number of hydrogen-bond donors (Lipinski definition) is 1. The molecule has 120 valence electrons. The van der Waals surface area contributed by atoms with Gasteiger partial charge in [-0.3, -0.25) is 0 Å². The summed E-state index contributed by atoms with van der Waals surface area (Å²) in [4.78, 5) is 26.8. The van der Waals surface area contributed by atoms with Crippen molar-refractivity contribution < 1.29 is 18.7 Å². The number of methoxy groups -OCH3 is 1. The molecule has 22 heavy (non-hydrogen) atoms. The lowest BCUT2D eigenvalue weighted by molar-refractivity contribution is 0.125. The molecule has 1 aromatic rings. The lowest BCUT2D eigenvalue weighted by Gasteiger charge is -2.22. The fourth-order valence-corrected chi connectivity index (χ4v) is 2.39. The standard InChI is InChI=1S/C14H17ClFN3O3/c1-22-14(21)19-6-2-5-18(7-8-19)13(20)17-12-9-10(15)3-4-11(12)16/h3-4,9H,2,5-8H2,1H3,(H,17,20). The Hall–Kier alpha value is -2.02. The van der Waals surface area contributed by atoms with E-state index >= 15 is 0 Å². The third-order valence-corrected chi connectivity index (χ3v) is 3.62. The Labute approximate surface area is 132 Å². The number of hydrogen-bond acceptors (Lipinski definition) is 3. The van der Waals surface area contributed by atoms with Crippen LogP contribution in [-0.2, 0) is 4.74 Å². The highest BCUT2D eigenvalue weighted by molar-refractivity contribution is 6.30. The lowest BCUT2D eigenvalue weighted by atomic mass is 10.3. The van der Waals surface area contributed by atoms with Crippen LogP contribution >= 0.6 is 11.6 Å². The van der Waals surface area contributed by atoms with Crippen molar-refractivity contribution >= 4 is 29.4 Å². The van der Waals surface area contributed by atoms with Crippen LogP contribution in [0.25, 0.3) is 0 Å². The first-order valence-corrected chi connectivity index (χ1v) is 7.23. The molecule has 0 aliphatic carbocycles. The summed E-state index contributed by atoms with van der Waals surface area (Å²) in [6, 6.07) is 3.53. The Balaban J connectivity index is 1.98. The van der Waals surface area contributed by atoms with Crippen LogP contribution < -0.4 is 5.32 Å². The molecule has 0 unspecified atom stereocenters. The molecule has 1 N–H and O–H groups in total. The van der Waals surface area contributed by atoms with Crippen molar-refractivity contribution in [2.75, 3.05) is 38.6 Å². The van der Waals surface area contributed by atoms with Crippen LogP contribution in [0.4, 0.5) is 19.7 Å². The predicted molar refractivity (Wildman–Crippen MR) is 80.6 cm³/mol. The number of nitrogens with one attached hydrogen (secondary N) is 1. The highest BCUT2D eigenvalue weighted by Crippen LogP contribution is 2.20. The Morgan fingerprint density at radius 2 is 1.91 bits per heavy atom. The fraction of sp³-hybridized carbons (Fsp3) is 0.429. The molecule has 6 nitrogen and oxygen atoms in total. The molecule has 0 spiro atoms. The number of halogens is 2. The molecule has 1 aromatic carbocycles. The van der Waals surface area contributed by atoms with Gasteiger partial charge in [0.1, 0.15) is 5.82 Å². The first-order chi connectivity index (χ1) is 10.5. The zero-order valence-corrected chi connectivity index (χ0v) is 12.9. The van der Waals surface area contributed by atoms with Gasteiger partial charge < -0.3 is 19.9 Å². The summed E-state index contributed by atoms with van der Waals surface area (Å²) in [5.41, 5.74) is 0.0339. The second-order valence-corrected chi connectivity index (χ2v) is 5.29. The van der Waals surface area contributed by atoms with E-state index in [0.29, 0.717) is 37.6 Å². The van der Waals surface area contributed by atoms with Crippen LogP contribution in [0, 0.1) is 5.82 Å². The summed E-state index contributed by atoms with van der Waals surface area (Å²) >= 11 is 5.79. The quantitative estimate of drug-likeness (QED) is 0.861. The van der Waals surface area contributed by atoms with Gasteiger partial charge >= 0.3 is 12.1 Å². The molecule has 1 saturated heterocycles. The second-order valence-electron chi connectivity index (χ2n) is 4.85. The maximum Gasteiger partial charge on any atom is 0.409 e. The van der Waals surface area contributed by atoms with Gasteiger partial charge in [-0.2, -0.15) is 0 Å². The fourth-order valence-electron chi connectivity index (χ4n) is 2.22. The maximum absolute atomic E-state index is 13.6. The molecule has 0 bridgehead atoms. The molecule has 1 heterocycles. The monoisotopic (exact) mass is 329 g/mol. The average molecular weight is 330 g/mol. The average Bonchev–Trinajstić information content (AvgIpc) is 2.76. The van der Waals surface area contributed by atoms with Gasteiger partial charge in [-0.05, 0) is 24.6 Å². The third-order valence-electron chi connectivity index (χ3n) is 3.39. The predicted octanol–water partition coefficient (Wildman–Crippen LogP) is 2.79. The van der Waals surface area contributed by atoms with Gasteiger partial charge in [0.15, 0.2) is 0 Å². The molecule has 1 fully saturated rings. The van der Waals surface area contributed by atoms with Crippen molar-refractivity contribution in [3.05, 3.63) is 29.0 Å². The van der Waals surface area contributed by atoms with E-state index in [4.69, 9.17) is 11.6 Å². The summed E-state index contributed by atoms with van der Waals surface area (Å²) < 4.78 is 18.3. The third kappa shape index (κ3) is 4.00. The van der Waals surface area contributed by atoms with Gasteiger partial charge in [0, 0.05) is 31.2 Å². The number of carbonyl (C=O) groups excluding carboxylic acids is 2. The number of amides is 3. The SMILES string of the molecule is COC(=O)N1CCCN(C(=O)Nc2cc(Cl)ccc2F)CC1. The molecule has 0 radical (unpaired) electrons. The molecule has 3 amide bonds. The Morgan fingerprint density at radius 1 is 1.23 bits per heavy atom. The van der Waals surface area contributed by atoms with E-state index in [-0.39, 0.29) is 5.69 Å². The Kier molecular flexibility index (Phi) is 5.43. The van der Waals surface area contributed by atoms with Crippen LogP contribution in [0.15, 0.2) is 18.2 Å². The van der Waals surface area contributed by atoms with E-state index in [0.717, 1.165) is 0 Å². The Morgan fingerprint density at radius 3 is 2.64 bits per heavy atom. The first-order valence-electron chi connectivity index (χ1n) is 6.85. The van der Waals surface area contributed by atoms with E-state index in [1.54, 1.807) is 0 Å². The number of benzene rings is 1. The van der Waals surface area contributed by atoms with Crippen LogP contribution in [0.1, 0.15) is 6.42 Å². The molecule has 0 atom stereocenters. The van der Waals surface area contributed by atoms with Gasteiger partial charge in [0.25, 0.3) is 0 Å². The minimum atomic E-state index is -0.552. The number of carbonyl (C=O) groups is 2. The van der Waals surface area contributed by atoms with Crippen LogP contribution in [-0.4, -0.2) is 55.2 Å². The second kappa shape index (κ2) is 7.31. The van der Waals surface area contributed by atoms with Crippen molar-refractivity contribution in [1.82, 2.24) is 9.80 Å². The molecule has 1 aliphatic heterocycles. The van der Waals surface area contributed by atoms with Gasteiger partial charge in [-0.1, -0.05) is 11.6 Å². The van der Waals surface area contributed by atoms with E-state index in [9.17, 15) is 14.0 Å². The highest BCUT2D eigenvalue weighted by atomic mass is 35.5. The van der Waals surface area contributed by atoms with Crippen LogP contribution in [0.2, 0.25) is 5.02 Å². The Bertz CT molecular complexity index is 570. The zero-order valence-electron chi connectivity index (χ0n) is 12.1. The summed E-state index contributed by atoms with van der Waals surface area (Å²) in [6.07, 6.45) is 0.212. The molecule has 0 aromatic heterocycles. The number of nitrogens with zero attached hydrogens (tertiary/aromatic N) is 2.